The number of aromatic nitrogens is 1. The molecule has 4 aromatic rings. The summed E-state index contributed by atoms with van der Waals surface area (Å²) in [5.74, 6) is -0.369. The molecule has 4 nitrogen and oxygen atoms in total. The van der Waals surface area contributed by atoms with Gasteiger partial charge in [0.1, 0.15) is 13.2 Å². The summed E-state index contributed by atoms with van der Waals surface area (Å²) in [6.07, 6.45) is 0. The Morgan fingerprint density at radius 3 is 2.00 bits per heavy atom. The Labute approximate surface area is 174 Å². The smallest absolute Gasteiger partial charge is 0.225 e. The first kappa shape index (κ1) is 19.5. The number of aromatic hydroxyl groups is 1. The molecule has 0 saturated carbocycles. The fourth-order valence-corrected chi connectivity index (χ4v) is 2.97. The molecule has 4 rings (SSSR count). The minimum atomic E-state index is -0.703. The lowest BCUT2D eigenvalue weighted by molar-refractivity contribution is 0.268. The minimum absolute atomic E-state index is 0.309. The van der Waals surface area contributed by atoms with Crippen LogP contribution >= 0.6 is 0 Å². The first-order valence-corrected chi connectivity index (χ1v) is 9.52. The summed E-state index contributed by atoms with van der Waals surface area (Å²) in [7, 11) is 0. The lowest BCUT2D eigenvalue weighted by Gasteiger charge is -2.13. The highest BCUT2D eigenvalue weighted by Gasteiger charge is 2.13. The second-order valence-corrected chi connectivity index (χ2v) is 6.72. The summed E-state index contributed by atoms with van der Waals surface area (Å²) in [6.45, 7) is 0.683. The van der Waals surface area contributed by atoms with E-state index in [2.05, 4.69) is 4.98 Å². The van der Waals surface area contributed by atoms with E-state index in [1.54, 1.807) is 18.2 Å². The molecule has 1 heterocycles. The van der Waals surface area contributed by atoms with Crippen molar-refractivity contribution in [2.24, 2.45) is 0 Å². The molecule has 0 unspecified atom stereocenters. The third kappa shape index (κ3) is 4.75. The molecule has 3 aromatic carbocycles. The lowest BCUT2D eigenvalue weighted by atomic mass is 10.1. The SMILES string of the molecule is Oc1ccc(-c2ccc(OCc3ccccc3)nc2OCc2ccccc2)cc1F. The van der Waals surface area contributed by atoms with Gasteiger partial charge in [-0.25, -0.2) is 4.39 Å². The van der Waals surface area contributed by atoms with Gasteiger partial charge in [-0.15, -0.1) is 0 Å². The molecule has 1 aromatic heterocycles. The van der Waals surface area contributed by atoms with E-state index in [-0.39, 0.29) is 0 Å². The number of halogens is 1. The molecule has 0 aliphatic heterocycles. The molecule has 0 bridgehead atoms. The van der Waals surface area contributed by atoms with Gasteiger partial charge >= 0.3 is 0 Å². The minimum Gasteiger partial charge on any atom is -0.505 e. The number of rotatable bonds is 7. The van der Waals surface area contributed by atoms with Crippen molar-refractivity contribution in [2.75, 3.05) is 0 Å². The third-order valence-electron chi connectivity index (χ3n) is 4.54. The number of hydrogen-bond acceptors (Lipinski definition) is 4. The number of ether oxygens (including phenoxy) is 2. The lowest BCUT2D eigenvalue weighted by Crippen LogP contribution is -2.02. The van der Waals surface area contributed by atoms with E-state index in [0.717, 1.165) is 11.1 Å². The molecule has 5 heteroatoms. The highest BCUT2D eigenvalue weighted by Crippen LogP contribution is 2.33. The number of nitrogens with zero attached hydrogens (tertiary/aromatic N) is 1. The predicted octanol–water partition coefficient (Wildman–Crippen LogP) is 5.75. The molecule has 0 aliphatic rings. The van der Waals surface area contributed by atoms with E-state index in [1.165, 1.54) is 12.1 Å². The van der Waals surface area contributed by atoms with Crippen molar-refractivity contribution < 1.29 is 19.0 Å². The molecule has 0 amide bonds. The fraction of sp³-hybridized carbons (Fsp3) is 0.0800. The number of pyridine rings is 1. The molecular formula is C25H20FNO3. The second kappa shape index (κ2) is 9.09. The van der Waals surface area contributed by atoms with E-state index < -0.39 is 11.6 Å². The van der Waals surface area contributed by atoms with E-state index in [1.807, 2.05) is 60.7 Å². The fourth-order valence-electron chi connectivity index (χ4n) is 2.97. The summed E-state index contributed by atoms with van der Waals surface area (Å²) in [4.78, 5) is 4.50. The Hall–Kier alpha value is -3.86. The Kier molecular flexibility index (Phi) is 5.90. The average Bonchev–Trinajstić information content (AvgIpc) is 2.79. The molecule has 1 N–H and O–H groups in total. The van der Waals surface area contributed by atoms with Gasteiger partial charge in [0.2, 0.25) is 11.8 Å². The molecule has 30 heavy (non-hydrogen) atoms. The molecule has 0 fully saturated rings. The van der Waals surface area contributed by atoms with Crippen LogP contribution in [-0.4, -0.2) is 10.1 Å². The van der Waals surface area contributed by atoms with Gasteiger partial charge in [0.25, 0.3) is 0 Å². The van der Waals surface area contributed by atoms with Crippen molar-refractivity contribution >= 4 is 0 Å². The summed E-state index contributed by atoms with van der Waals surface area (Å²) < 4.78 is 25.7. The van der Waals surface area contributed by atoms with Gasteiger partial charge in [-0.3, -0.25) is 0 Å². The zero-order chi connectivity index (χ0) is 20.8. The Balaban J connectivity index is 1.61. The quantitative estimate of drug-likeness (QED) is 0.428. The maximum absolute atomic E-state index is 13.9. The van der Waals surface area contributed by atoms with Crippen molar-refractivity contribution in [3.8, 4) is 28.6 Å². The van der Waals surface area contributed by atoms with Crippen LogP contribution in [0.15, 0.2) is 91.0 Å². The third-order valence-corrected chi connectivity index (χ3v) is 4.54. The first-order valence-electron chi connectivity index (χ1n) is 9.52. The molecule has 0 atom stereocenters. The van der Waals surface area contributed by atoms with E-state index >= 15 is 0 Å². The normalized spacial score (nSPS) is 10.6. The predicted molar refractivity (Wildman–Crippen MR) is 113 cm³/mol. The van der Waals surface area contributed by atoms with Crippen molar-refractivity contribution in [3.63, 3.8) is 0 Å². The van der Waals surface area contributed by atoms with Gasteiger partial charge in [0, 0.05) is 11.6 Å². The molecule has 0 radical (unpaired) electrons. The van der Waals surface area contributed by atoms with Crippen LogP contribution in [0.4, 0.5) is 4.39 Å². The van der Waals surface area contributed by atoms with Crippen molar-refractivity contribution in [1.29, 1.82) is 0 Å². The first-order chi connectivity index (χ1) is 14.7. The van der Waals surface area contributed by atoms with Crippen LogP contribution in [0.1, 0.15) is 11.1 Å². The Bertz CT molecular complexity index is 1120. The number of benzene rings is 3. The van der Waals surface area contributed by atoms with Crippen LogP contribution in [0, 0.1) is 5.82 Å². The second-order valence-electron chi connectivity index (χ2n) is 6.72. The summed E-state index contributed by atoms with van der Waals surface area (Å²) in [5, 5.41) is 9.49. The van der Waals surface area contributed by atoms with Crippen LogP contribution in [-0.2, 0) is 13.2 Å². The zero-order valence-electron chi connectivity index (χ0n) is 16.2. The number of hydrogen-bond donors (Lipinski definition) is 1. The van der Waals surface area contributed by atoms with Gasteiger partial charge in [-0.1, -0.05) is 66.7 Å². The molecular weight excluding hydrogens is 381 g/mol. The van der Waals surface area contributed by atoms with E-state index in [9.17, 15) is 9.50 Å². The van der Waals surface area contributed by atoms with Crippen LogP contribution in [0.25, 0.3) is 11.1 Å². The summed E-state index contributed by atoms with van der Waals surface area (Å²) in [5.41, 5.74) is 3.17. The maximum Gasteiger partial charge on any atom is 0.225 e. The monoisotopic (exact) mass is 401 g/mol. The van der Waals surface area contributed by atoms with Gasteiger partial charge in [0.15, 0.2) is 11.6 Å². The topological polar surface area (TPSA) is 51.6 Å². The largest absolute Gasteiger partial charge is 0.505 e. The van der Waals surface area contributed by atoms with Gasteiger partial charge in [0.05, 0.1) is 0 Å². The highest BCUT2D eigenvalue weighted by atomic mass is 19.1. The summed E-state index contributed by atoms with van der Waals surface area (Å²) >= 11 is 0. The van der Waals surface area contributed by atoms with Crippen molar-refractivity contribution in [1.82, 2.24) is 4.98 Å². The van der Waals surface area contributed by atoms with Crippen molar-refractivity contribution in [2.45, 2.75) is 13.2 Å². The van der Waals surface area contributed by atoms with Gasteiger partial charge < -0.3 is 14.6 Å². The molecule has 0 spiro atoms. The van der Waals surface area contributed by atoms with Gasteiger partial charge in [-0.05, 0) is 34.9 Å². The molecule has 0 aliphatic carbocycles. The van der Waals surface area contributed by atoms with Gasteiger partial charge in [-0.2, -0.15) is 4.98 Å². The highest BCUT2D eigenvalue weighted by molar-refractivity contribution is 5.69. The zero-order valence-corrected chi connectivity index (χ0v) is 16.2. The average molecular weight is 401 g/mol. The standard InChI is InChI=1S/C25H20FNO3/c26-22-15-20(11-13-23(22)28)21-12-14-24(29-16-18-7-3-1-4-8-18)27-25(21)30-17-19-9-5-2-6-10-19/h1-15,28H,16-17H2. The van der Waals surface area contributed by atoms with Crippen LogP contribution in [0.5, 0.6) is 17.5 Å². The number of phenols is 1. The maximum atomic E-state index is 13.9. The molecule has 0 saturated heterocycles. The Morgan fingerprint density at radius 1 is 0.733 bits per heavy atom. The van der Waals surface area contributed by atoms with Crippen LogP contribution in [0.2, 0.25) is 0 Å². The van der Waals surface area contributed by atoms with Crippen LogP contribution < -0.4 is 9.47 Å². The number of phenolic OH excluding ortho intramolecular Hbond substituents is 1. The molecule has 150 valence electrons. The van der Waals surface area contributed by atoms with Crippen molar-refractivity contribution in [3.05, 3.63) is 108 Å². The summed E-state index contributed by atoms with van der Waals surface area (Å²) in [6, 6.07) is 27.2. The van der Waals surface area contributed by atoms with E-state index in [4.69, 9.17) is 9.47 Å². The van der Waals surface area contributed by atoms with E-state index in [0.29, 0.717) is 36.1 Å². The Morgan fingerprint density at radius 2 is 1.37 bits per heavy atom. The van der Waals surface area contributed by atoms with Crippen LogP contribution in [0.3, 0.4) is 0 Å².